The molecule has 0 fully saturated rings. The van der Waals surface area contributed by atoms with Crippen molar-refractivity contribution in [1.29, 1.82) is 0 Å². The third-order valence-electron chi connectivity index (χ3n) is 2.51. The fourth-order valence-corrected chi connectivity index (χ4v) is 2.52. The maximum Gasteiger partial charge on any atom is 0.501 e. The second-order valence-electron chi connectivity index (χ2n) is 4.13. The molecule has 9 heteroatoms. The van der Waals surface area contributed by atoms with E-state index < -0.39 is 26.1 Å². The Morgan fingerprint density at radius 1 is 0.955 bits per heavy atom. The lowest BCUT2D eigenvalue weighted by molar-refractivity contribution is -0.0436. The van der Waals surface area contributed by atoms with E-state index in [9.17, 15) is 26.0 Å². The summed E-state index contributed by atoms with van der Waals surface area (Å²) in [6, 6.07) is 6.91. The van der Waals surface area contributed by atoms with E-state index in [1.54, 1.807) is 0 Å². The van der Waals surface area contributed by atoms with Crippen molar-refractivity contribution in [3.8, 4) is 11.5 Å². The van der Waals surface area contributed by atoms with Gasteiger partial charge in [-0.2, -0.15) is 13.2 Å². The first-order valence-corrected chi connectivity index (χ1v) is 7.51. The van der Waals surface area contributed by atoms with Crippen molar-refractivity contribution in [1.82, 2.24) is 0 Å². The molecule has 0 saturated carbocycles. The summed E-state index contributed by atoms with van der Waals surface area (Å²) in [5.41, 5.74) is -5.38. The van der Waals surface area contributed by atoms with Crippen LogP contribution in [-0.4, -0.2) is 13.9 Å². The molecular weight excluding hydrogens is 348 g/mol. The van der Waals surface area contributed by atoms with E-state index in [1.165, 1.54) is 6.07 Å². The second-order valence-corrected chi connectivity index (χ2v) is 6.51. The van der Waals surface area contributed by atoms with Crippen LogP contribution in [0.2, 0.25) is 5.02 Å². The summed E-state index contributed by atoms with van der Waals surface area (Å²) in [5.74, 6) is -0.599. The Morgan fingerprint density at radius 3 is 2.05 bits per heavy atom. The Labute approximate surface area is 128 Å². The van der Waals surface area contributed by atoms with E-state index in [2.05, 4.69) is 0 Å². The third-order valence-corrected chi connectivity index (χ3v) is 4.23. The molecule has 0 unspecified atom stereocenters. The number of sulfone groups is 1. The number of alkyl halides is 3. The first kappa shape index (κ1) is 16.6. The minimum absolute atomic E-state index is 0.0245. The second kappa shape index (κ2) is 5.77. The van der Waals surface area contributed by atoms with Crippen LogP contribution in [0, 0.1) is 5.82 Å². The predicted octanol–water partition coefficient (Wildman–Crippen LogP) is 4.56. The van der Waals surface area contributed by atoms with E-state index >= 15 is 0 Å². The zero-order chi connectivity index (χ0) is 16.5. The van der Waals surface area contributed by atoms with Gasteiger partial charge in [-0.3, -0.25) is 0 Å². The van der Waals surface area contributed by atoms with Crippen molar-refractivity contribution in [3.63, 3.8) is 0 Å². The summed E-state index contributed by atoms with van der Waals surface area (Å²) in [5, 5.41) is 0.0752. The average molecular weight is 355 g/mol. The maximum atomic E-state index is 13.1. The van der Waals surface area contributed by atoms with Crippen molar-refractivity contribution < 1.29 is 30.7 Å². The van der Waals surface area contributed by atoms with Crippen molar-refractivity contribution in [3.05, 3.63) is 53.3 Å². The van der Waals surface area contributed by atoms with Crippen LogP contribution >= 0.6 is 11.6 Å². The van der Waals surface area contributed by atoms with Crippen LogP contribution in [0.5, 0.6) is 11.5 Å². The van der Waals surface area contributed by atoms with E-state index in [1.807, 2.05) is 0 Å². The molecule has 2 aromatic rings. The van der Waals surface area contributed by atoms with Gasteiger partial charge in [0.05, 0.1) is 4.90 Å². The Bertz CT molecular complexity index is 766. The largest absolute Gasteiger partial charge is 0.501 e. The van der Waals surface area contributed by atoms with Gasteiger partial charge in [0.1, 0.15) is 17.3 Å². The molecule has 0 amide bonds. The van der Waals surface area contributed by atoms with Gasteiger partial charge in [0, 0.05) is 11.1 Å². The summed E-state index contributed by atoms with van der Waals surface area (Å²) in [6.07, 6.45) is 0. The van der Waals surface area contributed by atoms with Crippen LogP contribution in [0.4, 0.5) is 17.6 Å². The fourth-order valence-electron chi connectivity index (χ4n) is 1.54. The molecule has 0 heterocycles. The highest BCUT2D eigenvalue weighted by Gasteiger charge is 2.46. The molecule has 2 rings (SSSR count). The van der Waals surface area contributed by atoms with E-state index in [4.69, 9.17) is 16.3 Å². The Balaban J connectivity index is 2.26. The molecule has 0 aliphatic carbocycles. The number of ether oxygens (including phenoxy) is 1. The lowest BCUT2D eigenvalue weighted by Crippen LogP contribution is -2.23. The first-order chi connectivity index (χ1) is 10.1. The topological polar surface area (TPSA) is 43.4 Å². The Kier molecular flexibility index (Phi) is 4.35. The molecule has 2 aromatic carbocycles. The van der Waals surface area contributed by atoms with Crippen LogP contribution in [0.1, 0.15) is 0 Å². The fraction of sp³-hybridized carbons (Fsp3) is 0.0769. The molecule has 0 saturated heterocycles. The molecule has 0 aliphatic heterocycles. The van der Waals surface area contributed by atoms with Crippen molar-refractivity contribution in [2.75, 3.05) is 0 Å². The van der Waals surface area contributed by atoms with Crippen molar-refractivity contribution >= 4 is 21.4 Å². The van der Waals surface area contributed by atoms with Crippen LogP contribution < -0.4 is 4.74 Å². The summed E-state index contributed by atoms with van der Waals surface area (Å²) >= 11 is 5.63. The highest BCUT2D eigenvalue weighted by molar-refractivity contribution is 7.92. The van der Waals surface area contributed by atoms with Gasteiger partial charge >= 0.3 is 5.51 Å². The van der Waals surface area contributed by atoms with Gasteiger partial charge in [0.25, 0.3) is 9.84 Å². The number of hydrogen-bond donors (Lipinski definition) is 0. The maximum absolute atomic E-state index is 13.1. The van der Waals surface area contributed by atoms with Crippen LogP contribution in [0.25, 0.3) is 0 Å². The van der Waals surface area contributed by atoms with Crippen LogP contribution in [0.3, 0.4) is 0 Å². The molecule has 0 bridgehead atoms. The average Bonchev–Trinajstić information content (AvgIpc) is 2.36. The summed E-state index contributed by atoms with van der Waals surface area (Å²) in [7, 11) is -5.42. The van der Waals surface area contributed by atoms with Gasteiger partial charge in [0.15, 0.2) is 0 Å². The molecule has 0 N–H and O–H groups in total. The highest BCUT2D eigenvalue weighted by Crippen LogP contribution is 2.32. The predicted molar refractivity (Wildman–Crippen MR) is 71.2 cm³/mol. The highest BCUT2D eigenvalue weighted by atomic mass is 35.5. The molecule has 0 spiro atoms. The molecule has 22 heavy (non-hydrogen) atoms. The summed E-state index contributed by atoms with van der Waals surface area (Å²) in [4.78, 5) is -0.912. The van der Waals surface area contributed by atoms with Gasteiger partial charge in [-0.15, -0.1) is 0 Å². The molecule has 0 aromatic heterocycles. The van der Waals surface area contributed by atoms with Gasteiger partial charge in [0.2, 0.25) is 0 Å². The van der Waals surface area contributed by atoms with Gasteiger partial charge in [-0.25, -0.2) is 12.8 Å². The van der Waals surface area contributed by atoms with Crippen LogP contribution in [-0.2, 0) is 9.84 Å². The van der Waals surface area contributed by atoms with Crippen molar-refractivity contribution in [2.45, 2.75) is 10.4 Å². The SMILES string of the molecule is O=S(=O)(c1ccc(Oc2cc(F)cc(Cl)c2)cc1)C(F)(F)F. The minimum Gasteiger partial charge on any atom is -0.457 e. The van der Waals surface area contributed by atoms with Gasteiger partial charge in [-0.05, 0) is 36.4 Å². The first-order valence-electron chi connectivity index (χ1n) is 5.65. The normalized spacial score (nSPS) is 12.2. The minimum atomic E-state index is -5.42. The summed E-state index contributed by atoms with van der Waals surface area (Å²) in [6.45, 7) is 0. The zero-order valence-corrected chi connectivity index (χ0v) is 12.1. The van der Waals surface area contributed by atoms with Gasteiger partial charge < -0.3 is 4.74 Å². The molecule has 0 atom stereocenters. The van der Waals surface area contributed by atoms with E-state index in [0.29, 0.717) is 0 Å². The van der Waals surface area contributed by atoms with Gasteiger partial charge in [-0.1, -0.05) is 11.6 Å². The van der Waals surface area contributed by atoms with E-state index in [0.717, 1.165) is 36.4 Å². The lowest BCUT2D eigenvalue weighted by Gasteiger charge is -2.09. The quantitative estimate of drug-likeness (QED) is 0.759. The standard InChI is InChI=1S/C13H7ClF4O3S/c14-8-5-9(15)7-11(6-8)21-10-1-3-12(4-2-10)22(19,20)13(16,17)18/h1-7H. The van der Waals surface area contributed by atoms with Crippen molar-refractivity contribution in [2.24, 2.45) is 0 Å². The monoisotopic (exact) mass is 354 g/mol. The Morgan fingerprint density at radius 2 is 1.55 bits per heavy atom. The number of rotatable bonds is 3. The lowest BCUT2D eigenvalue weighted by atomic mass is 10.3. The molecule has 3 nitrogen and oxygen atoms in total. The molecule has 0 aliphatic rings. The number of hydrogen-bond acceptors (Lipinski definition) is 3. The van der Waals surface area contributed by atoms with E-state index in [-0.39, 0.29) is 16.5 Å². The van der Waals surface area contributed by atoms with Crippen LogP contribution in [0.15, 0.2) is 47.4 Å². The third kappa shape index (κ3) is 3.50. The number of halogens is 5. The molecule has 118 valence electrons. The smallest absolute Gasteiger partial charge is 0.457 e. The number of benzene rings is 2. The molecule has 0 radical (unpaired) electrons. The molecular formula is C13H7ClF4O3S. The summed E-state index contributed by atoms with van der Waals surface area (Å²) < 4.78 is 77.8. The zero-order valence-electron chi connectivity index (χ0n) is 10.6. The Hall–Kier alpha value is -1.80.